The highest BCUT2D eigenvalue weighted by Gasteiger charge is 2.35. The summed E-state index contributed by atoms with van der Waals surface area (Å²) < 4.78 is 5.43. The van der Waals surface area contributed by atoms with Crippen molar-refractivity contribution in [2.75, 3.05) is 19.8 Å². The molecule has 3 rings (SSSR count). The first-order valence-corrected chi connectivity index (χ1v) is 8.41. The van der Waals surface area contributed by atoms with Crippen molar-refractivity contribution in [3.05, 3.63) is 34.9 Å². The van der Waals surface area contributed by atoms with Crippen LogP contribution in [0, 0.1) is 5.92 Å². The number of benzene rings is 1. The first-order chi connectivity index (χ1) is 10.6. The Balaban J connectivity index is 1.59. The molecule has 1 aliphatic carbocycles. The quantitative estimate of drug-likeness (QED) is 0.899. The minimum Gasteiger partial charge on any atom is -0.381 e. The molecule has 0 spiro atoms. The maximum absolute atomic E-state index is 12.6. The van der Waals surface area contributed by atoms with Crippen molar-refractivity contribution in [2.45, 2.75) is 38.3 Å². The van der Waals surface area contributed by atoms with Gasteiger partial charge < -0.3 is 15.0 Å². The van der Waals surface area contributed by atoms with Crippen molar-refractivity contribution in [3.8, 4) is 0 Å². The fourth-order valence-electron chi connectivity index (χ4n) is 2.89. The summed E-state index contributed by atoms with van der Waals surface area (Å²) in [6.45, 7) is 4.42. The zero-order chi connectivity index (χ0) is 15.5. The second-order valence-corrected chi connectivity index (χ2v) is 6.77. The minimum atomic E-state index is -0.0224. The van der Waals surface area contributed by atoms with E-state index in [0.29, 0.717) is 17.0 Å². The molecule has 120 valence electrons. The van der Waals surface area contributed by atoms with Gasteiger partial charge in [-0.15, -0.1) is 0 Å². The second-order valence-electron chi connectivity index (χ2n) is 6.34. The van der Waals surface area contributed by atoms with E-state index in [1.165, 1.54) is 0 Å². The standard InChI is InChI=1S/C17H23ClN2O2/c1-12(14-2-4-15(18)5-3-14)19-17(21)20(16-6-7-16)10-13-8-9-22-11-13/h2-5,12-13,16H,6-11H2,1H3,(H,19,21). The molecular formula is C17H23ClN2O2. The van der Waals surface area contributed by atoms with Crippen LogP contribution in [0.3, 0.4) is 0 Å². The van der Waals surface area contributed by atoms with E-state index in [1.807, 2.05) is 36.1 Å². The average Bonchev–Trinajstić information content (AvgIpc) is 3.21. The van der Waals surface area contributed by atoms with Crippen LogP contribution in [0.2, 0.25) is 5.02 Å². The smallest absolute Gasteiger partial charge is 0.318 e. The molecule has 2 fully saturated rings. The number of ether oxygens (including phenoxy) is 1. The van der Waals surface area contributed by atoms with Gasteiger partial charge in [0, 0.05) is 30.1 Å². The molecule has 0 bridgehead atoms. The van der Waals surface area contributed by atoms with Crippen LogP contribution in [0.15, 0.2) is 24.3 Å². The Morgan fingerprint density at radius 2 is 2.09 bits per heavy atom. The molecule has 2 unspecified atom stereocenters. The van der Waals surface area contributed by atoms with Crippen LogP contribution in [-0.4, -0.2) is 36.7 Å². The molecular weight excluding hydrogens is 300 g/mol. The number of amides is 2. The summed E-state index contributed by atoms with van der Waals surface area (Å²) in [5.41, 5.74) is 1.07. The summed E-state index contributed by atoms with van der Waals surface area (Å²) in [4.78, 5) is 14.6. The molecule has 22 heavy (non-hydrogen) atoms. The lowest BCUT2D eigenvalue weighted by atomic mass is 10.1. The van der Waals surface area contributed by atoms with Crippen LogP contribution in [0.4, 0.5) is 4.79 Å². The van der Waals surface area contributed by atoms with Gasteiger partial charge in [-0.1, -0.05) is 23.7 Å². The number of nitrogens with zero attached hydrogens (tertiary/aromatic N) is 1. The topological polar surface area (TPSA) is 41.6 Å². The van der Waals surface area contributed by atoms with Crippen molar-refractivity contribution in [1.29, 1.82) is 0 Å². The number of rotatable bonds is 5. The SMILES string of the molecule is CC(NC(=O)N(CC1CCOC1)C1CC1)c1ccc(Cl)cc1. The van der Waals surface area contributed by atoms with Crippen molar-refractivity contribution < 1.29 is 9.53 Å². The van der Waals surface area contributed by atoms with Gasteiger partial charge >= 0.3 is 6.03 Å². The number of hydrogen-bond acceptors (Lipinski definition) is 2. The van der Waals surface area contributed by atoms with E-state index in [2.05, 4.69) is 5.32 Å². The lowest BCUT2D eigenvalue weighted by Crippen LogP contribution is -2.44. The molecule has 1 saturated heterocycles. The lowest BCUT2D eigenvalue weighted by Gasteiger charge is -2.27. The highest BCUT2D eigenvalue weighted by Crippen LogP contribution is 2.29. The molecule has 0 aromatic heterocycles. The molecule has 4 nitrogen and oxygen atoms in total. The van der Waals surface area contributed by atoms with E-state index in [0.717, 1.165) is 44.6 Å². The Labute approximate surface area is 136 Å². The van der Waals surface area contributed by atoms with Gasteiger partial charge in [0.05, 0.1) is 12.6 Å². The summed E-state index contributed by atoms with van der Waals surface area (Å²) in [5.74, 6) is 0.484. The van der Waals surface area contributed by atoms with E-state index >= 15 is 0 Å². The van der Waals surface area contributed by atoms with Gasteiger partial charge in [0.15, 0.2) is 0 Å². The van der Waals surface area contributed by atoms with Crippen LogP contribution in [0.25, 0.3) is 0 Å². The normalized spacial score (nSPS) is 22.4. The Morgan fingerprint density at radius 3 is 2.68 bits per heavy atom. The molecule has 1 aliphatic heterocycles. The van der Waals surface area contributed by atoms with E-state index in [1.54, 1.807) is 0 Å². The van der Waals surface area contributed by atoms with Gasteiger partial charge in [-0.25, -0.2) is 4.79 Å². The van der Waals surface area contributed by atoms with Crippen LogP contribution in [0.5, 0.6) is 0 Å². The van der Waals surface area contributed by atoms with Crippen molar-refractivity contribution >= 4 is 17.6 Å². The Kier molecular flexibility index (Phi) is 4.89. The third kappa shape index (κ3) is 3.93. The van der Waals surface area contributed by atoms with Crippen LogP contribution < -0.4 is 5.32 Å². The maximum atomic E-state index is 12.6. The molecule has 2 aliphatic rings. The summed E-state index contributed by atoms with van der Waals surface area (Å²) in [6.07, 6.45) is 3.30. The van der Waals surface area contributed by atoms with Gasteiger partial charge in [-0.05, 0) is 43.9 Å². The predicted molar refractivity (Wildman–Crippen MR) is 87.1 cm³/mol. The zero-order valence-corrected chi connectivity index (χ0v) is 13.7. The molecule has 1 aromatic rings. The van der Waals surface area contributed by atoms with Gasteiger partial charge in [0.25, 0.3) is 0 Å². The molecule has 0 radical (unpaired) electrons. The summed E-state index contributed by atoms with van der Waals surface area (Å²) in [7, 11) is 0. The summed E-state index contributed by atoms with van der Waals surface area (Å²) >= 11 is 5.91. The molecule has 1 N–H and O–H groups in total. The average molecular weight is 323 g/mol. The Bertz CT molecular complexity index is 510. The third-order valence-corrected chi connectivity index (χ3v) is 4.69. The van der Waals surface area contributed by atoms with Crippen LogP contribution in [-0.2, 0) is 4.74 Å². The van der Waals surface area contributed by atoms with Crippen LogP contribution in [0.1, 0.15) is 37.8 Å². The maximum Gasteiger partial charge on any atom is 0.318 e. The highest BCUT2D eigenvalue weighted by atomic mass is 35.5. The summed E-state index contributed by atoms with van der Waals surface area (Å²) in [6, 6.07) is 8.06. The number of carbonyl (C=O) groups is 1. The zero-order valence-electron chi connectivity index (χ0n) is 12.9. The number of urea groups is 1. The Hall–Kier alpha value is -1.26. The molecule has 1 aromatic carbocycles. The fourth-order valence-corrected chi connectivity index (χ4v) is 3.02. The van der Waals surface area contributed by atoms with Gasteiger partial charge in [-0.3, -0.25) is 0 Å². The van der Waals surface area contributed by atoms with Crippen molar-refractivity contribution in [2.24, 2.45) is 5.92 Å². The van der Waals surface area contributed by atoms with E-state index in [4.69, 9.17) is 16.3 Å². The fraction of sp³-hybridized carbons (Fsp3) is 0.588. The van der Waals surface area contributed by atoms with Gasteiger partial charge in [0.2, 0.25) is 0 Å². The predicted octanol–water partition coefficient (Wildman–Crippen LogP) is 3.61. The largest absolute Gasteiger partial charge is 0.381 e. The van der Waals surface area contributed by atoms with Gasteiger partial charge in [-0.2, -0.15) is 0 Å². The minimum absolute atomic E-state index is 0.0224. The van der Waals surface area contributed by atoms with E-state index < -0.39 is 0 Å². The first kappa shape index (κ1) is 15.6. The van der Waals surface area contributed by atoms with Crippen molar-refractivity contribution in [1.82, 2.24) is 10.2 Å². The first-order valence-electron chi connectivity index (χ1n) is 8.04. The molecule has 2 amide bonds. The third-order valence-electron chi connectivity index (χ3n) is 4.44. The lowest BCUT2D eigenvalue weighted by molar-refractivity contribution is 0.161. The number of hydrogen-bond donors (Lipinski definition) is 1. The molecule has 2 atom stereocenters. The van der Waals surface area contributed by atoms with E-state index in [9.17, 15) is 4.79 Å². The van der Waals surface area contributed by atoms with E-state index in [-0.39, 0.29) is 12.1 Å². The number of carbonyl (C=O) groups excluding carboxylic acids is 1. The van der Waals surface area contributed by atoms with Crippen molar-refractivity contribution in [3.63, 3.8) is 0 Å². The molecule has 5 heteroatoms. The Morgan fingerprint density at radius 1 is 1.36 bits per heavy atom. The van der Waals surface area contributed by atoms with Crippen LogP contribution >= 0.6 is 11.6 Å². The molecule has 1 heterocycles. The van der Waals surface area contributed by atoms with Gasteiger partial charge in [0.1, 0.15) is 0 Å². The number of halogens is 1. The summed E-state index contributed by atoms with van der Waals surface area (Å²) in [5, 5.41) is 3.83. The number of nitrogens with one attached hydrogen (secondary N) is 1. The molecule has 1 saturated carbocycles. The highest BCUT2D eigenvalue weighted by molar-refractivity contribution is 6.30. The monoisotopic (exact) mass is 322 g/mol. The second kappa shape index (κ2) is 6.88.